The first-order valence-electron chi connectivity index (χ1n) is 7.87. The van der Waals surface area contributed by atoms with E-state index in [2.05, 4.69) is 20.3 Å². The summed E-state index contributed by atoms with van der Waals surface area (Å²) in [7, 11) is -3.29. The van der Waals surface area contributed by atoms with Crippen molar-refractivity contribution in [3.8, 4) is 11.3 Å². The van der Waals surface area contributed by atoms with Crippen LogP contribution < -0.4 is 15.4 Å². The molecule has 1 aromatic heterocycles. The second kappa shape index (κ2) is 7.11. The number of rotatable bonds is 6. The van der Waals surface area contributed by atoms with Crippen molar-refractivity contribution in [3.05, 3.63) is 29.6 Å². The standard InChI is InChI=1S/C16H20N4O3S2/c1-10(12-7-17-8-12)15(21)19-16-18-14(9-24-16)11-3-5-13(6-4-11)20-25(2,22)23/h3-6,9-10,12,17,20H,7-8H2,1-2H3,(H,18,19,21). The third-order valence-corrected chi connectivity index (χ3v) is 5.52. The molecule has 1 saturated heterocycles. The topological polar surface area (TPSA) is 100 Å². The van der Waals surface area contributed by atoms with Gasteiger partial charge in [0.15, 0.2) is 5.13 Å². The molecule has 7 nitrogen and oxygen atoms in total. The van der Waals surface area contributed by atoms with Gasteiger partial charge >= 0.3 is 0 Å². The molecular weight excluding hydrogens is 360 g/mol. The van der Waals surface area contributed by atoms with Gasteiger partial charge in [0.05, 0.1) is 11.9 Å². The van der Waals surface area contributed by atoms with Crippen molar-refractivity contribution < 1.29 is 13.2 Å². The smallest absolute Gasteiger partial charge is 0.229 e. The maximum atomic E-state index is 12.2. The van der Waals surface area contributed by atoms with Crippen LogP contribution in [0.3, 0.4) is 0 Å². The molecule has 1 aliphatic heterocycles. The lowest BCUT2D eigenvalue weighted by Gasteiger charge is -2.31. The molecule has 0 aliphatic carbocycles. The summed E-state index contributed by atoms with van der Waals surface area (Å²) in [4.78, 5) is 16.7. The van der Waals surface area contributed by atoms with Crippen LogP contribution in [0.5, 0.6) is 0 Å². The van der Waals surface area contributed by atoms with E-state index in [4.69, 9.17) is 0 Å². The van der Waals surface area contributed by atoms with Crippen molar-refractivity contribution in [1.29, 1.82) is 0 Å². The molecule has 0 bridgehead atoms. The highest BCUT2D eigenvalue weighted by Crippen LogP contribution is 2.27. The van der Waals surface area contributed by atoms with Crippen LogP contribution in [0.4, 0.5) is 10.8 Å². The number of hydrogen-bond donors (Lipinski definition) is 3. The van der Waals surface area contributed by atoms with Gasteiger partial charge in [0.2, 0.25) is 15.9 Å². The highest BCUT2D eigenvalue weighted by molar-refractivity contribution is 7.92. The molecule has 9 heteroatoms. The Kier molecular flexibility index (Phi) is 5.07. The maximum absolute atomic E-state index is 12.2. The van der Waals surface area contributed by atoms with Crippen LogP contribution in [-0.4, -0.2) is 38.7 Å². The SMILES string of the molecule is CC(C(=O)Nc1nc(-c2ccc(NS(C)(=O)=O)cc2)cs1)C1CNC1. The second-order valence-corrected chi connectivity index (χ2v) is 8.79. The summed E-state index contributed by atoms with van der Waals surface area (Å²) in [6, 6.07) is 6.94. The number of thiazole rings is 1. The maximum Gasteiger partial charge on any atom is 0.229 e. The van der Waals surface area contributed by atoms with Gasteiger partial charge in [-0.25, -0.2) is 13.4 Å². The Balaban J connectivity index is 1.65. The first kappa shape index (κ1) is 17.8. The number of aromatic nitrogens is 1. The Morgan fingerprint density at radius 1 is 1.32 bits per heavy atom. The van der Waals surface area contributed by atoms with Crippen LogP contribution in [0, 0.1) is 11.8 Å². The largest absolute Gasteiger partial charge is 0.316 e. The van der Waals surface area contributed by atoms with E-state index >= 15 is 0 Å². The third kappa shape index (κ3) is 4.56. The predicted molar refractivity (Wildman–Crippen MR) is 100 cm³/mol. The van der Waals surface area contributed by atoms with Crippen LogP contribution in [0.15, 0.2) is 29.6 Å². The molecule has 134 valence electrons. The fourth-order valence-corrected chi connectivity index (χ4v) is 3.77. The number of nitrogens with zero attached hydrogens (tertiary/aromatic N) is 1. The van der Waals surface area contributed by atoms with Crippen LogP contribution in [0.1, 0.15) is 6.92 Å². The minimum absolute atomic E-state index is 0.0138. The summed E-state index contributed by atoms with van der Waals surface area (Å²) in [6.07, 6.45) is 1.11. The first-order chi connectivity index (χ1) is 11.8. The van der Waals surface area contributed by atoms with Crippen molar-refractivity contribution >= 4 is 38.1 Å². The number of sulfonamides is 1. The number of benzene rings is 1. The summed E-state index contributed by atoms with van der Waals surface area (Å²) < 4.78 is 24.9. The van der Waals surface area contributed by atoms with Crippen LogP contribution in [0.2, 0.25) is 0 Å². The number of carbonyl (C=O) groups excluding carboxylic acids is 1. The van der Waals surface area contributed by atoms with Gasteiger partial charge in [-0.05, 0) is 31.1 Å². The second-order valence-electron chi connectivity index (χ2n) is 6.19. The molecule has 1 aliphatic rings. The molecule has 0 saturated carbocycles. The zero-order valence-electron chi connectivity index (χ0n) is 13.9. The lowest BCUT2D eigenvalue weighted by atomic mass is 9.88. The van der Waals surface area contributed by atoms with Crippen molar-refractivity contribution in [2.24, 2.45) is 11.8 Å². The molecule has 3 N–H and O–H groups in total. The molecule has 1 unspecified atom stereocenters. The number of amides is 1. The molecule has 1 atom stereocenters. The van der Waals surface area contributed by atoms with E-state index in [1.165, 1.54) is 11.3 Å². The zero-order valence-corrected chi connectivity index (χ0v) is 15.6. The highest BCUT2D eigenvalue weighted by Gasteiger charge is 2.29. The Bertz CT molecular complexity index is 858. The normalized spacial score (nSPS) is 16.1. The first-order valence-corrected chi connectivity index (χ1v) is 10.6. The molecular formula is C16H20N4O3S2. The van der Waals surface area contributed by atoms with Gasteiger partial charge in [-0.15, -0.1) is 11.3 Å². The summed E-state index contributed by atoms with van der Waals surface area (Å²) in [6.45, 7) is 3.69. The van der Waals surface area contributed by atoms with E-state index in [1.54, 1.807) is 24.3 Å². The molecule has 2 heterocycles. The molecule has 1 fully saturated rings. The Hall–Kier alpha value is -1.97. The van der Waals surface area contributed by atoms with Gasteiger partial charge < -0.3 is 10.6 Å². The average Bonchev–Trinajstić information content (AvgIpc) is 2.93. The van der Waals surface area contributed by atoms with Crippen molar-refractivity contribution in [3.63, 3.8) is 0 Å². The lowest BCUT2D eigenvalue weighted by molar-refractivity contribution is -0.121. The quantitative estimate of drug-likeness (QED) is 0.711. The minimum atomic E-state index is -3.29. The summed E-state index contributed by atoms with van der Waals surface area (Å²) in [5.41, 5.74) is 2.09. The summed E-state index contributed by atoms with van der Waals surface area (Å²) in [5, 5.41) is 8.47. The zero-order chi connectivity index (χ0) is 18.0. The van der Waals surface area contributed by atoms with Gasteiger partial charge in [0.1, 0.15) is 0 Å². The predicted octanol–water partition coefficient (Wildman–Crippen LogP) is 1.98. The fraction of sp³-hybridized carbons (Fsp3) is 0.375. The van der Waals surface area contributed by atoms with Crippen molar-refractivity contribution in [1.82, 2.24) is 10.3 Å². The number of hydrogen-bond acceptors (Lipinski definition) is 6. The molecule has 2 aromatic rings. The molecule has 0 spiro atoms. The van der Waals surface area contributed by atoms with Gasteiger partial charge in [-0.2, -0.15) is 0 Å². The number of carbonyl (C=O) groups is 1. The molecule has 3 rings (SSSR count). The van der Waals surface area contributed by atoms with Crippen LogP contribution >= 0.6 is 11.3 Å². The van der Waals surface area contributed by atoms with Crippen molar-refractivity contribution in [2.75, 3.05) is 29.4 Å². The monoisotopic (exact) mass is 380 g/mol. The highest BCUT2D eigenvalue weighted by atomic mass is 32.2. The number of anilines is 2. The van der Waals surface area contributed by atoms with Gasteiger partial charge in [-0.1, -0.05) is 19.1 Å². The Labute approximate surface area is 150 Å². The average molecular weight is 380 g/mol. The van der Waals surface area contributed by atoms with E-state index in [-0.39, 0.29) is 11.8 Å². The van der Waals surface area contributed by atoms with Crippen LogP contribution in [0.25, 0.3) is 11.3 Å². The number of nitrogens with one attached hydrogen (secondary N) is 3. The summed E-state index contributed by atoms with van der Waals surface area (Å²) >= 11 is 1.37. The third-order valence-electron chi connectivity index (χ3n) is 4.15. The molecule has 25 heavy (non-hydrogen) atoms. The summed E-state index contributed by atoms with van der Waals surface area (Å²) in [5.74, 6) is 0.323. The van der Waals surface area contributed by atoms with E-state index in [0.717, 1.165) is 30.6 Å². The fourth-order valence-electron chi connectivity index (χ4n) is 2.48. The Morgan fingerprint density at radius 3 is 2.56 bits per heavy atom. The van der Waals surface area contributed by atoms with E-state index in [1.807, 2.05) is 12.3 Å². The molecule has 1 aromatic carbocycles. The van der Waals surface area contributed by atoms with E-state index in [0.29, 0.717) is 16.7 Å². The van der Waals surface area contributed by atoms with Crippen molar-refractivity contribution in [2.45, 2.75) is 6.92 Å². The van der Waals surface area contributed by atoms with E-state index in [9.17, 15) is 13.2 Å². The molecule has 1 amide bonds. The van der Waals surface area contributed by atoms with Gasteiger partial charge in [-0.3, -0.25) is 9.52 Å². The van der Waals surface area contributed by atoms with E-state index < -0.39 is 10.0 Å². The van der Waals surface area contributed by atoms with Crippen LogP contribution in [-0.2, 0) is 14.8 Å². The lowest BCUT2D eigenvalue weighted by Crippen LogP contribution is -2.48. The van der Waals surface area contributed by atoms with Gasteiger partial charge in [0.25, 0.3) is 0 Å². The van der Waals surface area contributed by atoms with Gasteiger partial charge in [0, 0.05) is 22.5 Å². The molecule has 0 radical (unpaired) electrons. The minimum Gasteiger partial charge on any atom is -0.316 e. The Morgan fingerprint density at radius 2 is 2.00 bits per heavy atom.